The molecular formula is C19H32O4. The second-order valence-corrected chi connectivity index (χ2v) is 6.99. The molecule has 4 heteroatoms. The summed E-state index contributed by atoms with van der Waals surface area (Å²) in [4.78, 5) is 23.6. The molecule has 0 heterocycles. The Kier molecular flexibility index (Phi) is 8.97. The van der Waals surface area contributed by atoms with Crippen molar-refractivity contribution in [3.8, 4) is 0 Å². The van der Waals surface area contributed by atoms with Crippen molar-refractivity contribution >= 4 is 11.9 Å². The number of carbonyl (C=O) groups is 2. The van der Waals surface area contributed by atoms with Crippen molar-refractivity contribution < 1.29 is 19.4 Å². The van der Waals surface area contributed by atoms with Crippen LogP contribution in [0.15, 0.2) is 12.2 Å². The highest BCUT2D eigenvalue weighted by atomic mass is 16.5. The van der Waals surface area contributed by atoms with Gasteiger partial charge in [0.05, 0.1) is 11.8 Å². The van der Waals surface area contributed by atoms with Crippen molar-refractivity contribution in [3.63, 3.8) is 0 Å². The van der Waals surface area contributed by atoms with E-state index < -0.39 is 17.8 Å². The third-order valence-corrected chi connectivity index (χ3v) is 4.60. The van der Waals surface area contributed by atoms with Crippen LogP contribution in [0.25, 0.3) is 0 Å². The van der Waals surface area contributed by atoms with Gasteiger partial charge in [-0.1, -0.05) is 52.2 Å². The second-order valence-electron chi connectivity index (χ2n) is 6.99. The number of allylic oxidation sites excluding steroid dienone is 2. The van der Waals surface area contributed by atoms with Crippen molar-refractivity contribution in [1.82, 2.24) is 0 Å². The topological polar surface area (TPSA) is 63.6 Å². The molecule has 0 spiro atoms. The molecule has 0 aromatic carbocycles. The predicted molar refractivity (Wildman–Crippen MR) is 91.1 cm³/mol. The maximum Gasteiger partial charge on any atom is 0.310 e. The Morgan fingerprint density at radius 1 is 1.09 bits per heavy atom. The summed E-state index contributed by atoms with van der Waals surface area (Å²) < 4.78 is 5.61. The van der Waals surface area contributed by atoms with Gasteiger partial charge in [0.1, 0.15) is 6.10 Å². The minimum atomic E-state index is -0.905. The second kappa shape index (κ2) is 10.5. The molecule has 0 aromatic rings. The van der Waals surface area contributed by atoms with E-state index in [1.165, 1.54) is 12.8 Å². The largest absolute Gasteiger partial charge is 0.481 e. The molecule has 0 aromatic heterocycles. The molecule has 4 nitrogen and oxygen atoms in total. The molecule has 1 aliphatic carbocycles. The lowest BCUT2D eigenvalue weighted by atomic mass is 9.83. The highest BCUT2D eigenvalue weighted by Crippen LogP contribution is 2.28. The third-order valence-electron chi connectivity index (χ3n) is 4.60. The maximum absolute atomic E-state index is 12.3. The SMILES string of the molecule is CCC(CCCCCC(C)C)OC(=O)C1CC=CCC1C(=O)O. The summed E-state index contributed by atoms with van der Waals surface area (Å²) in [5, 5.41) is 9.25. The average molecular weight is 324 g/mol. The number of hydrogen-bond donors (Lipinski definition) is 1. The first-order valence-electron chi connectivity index (χ1n) is 9.04. The zero-order valence-electron chi connectivity index (χ0n) is 14.8. The van der Waals surface area contributed by atoms with E-state index in [-0.39, 0.29) is 12.1 Å². The van der Waals surface area contributed by atoms with Gasteiger partial charge >= 0.3 is 11.9 Å². The van der Waals surface area contributed by atoms with Gasteiger partial charge < -0.3 is 9.84 Å². The number of unbranched alkanes of at least 4 members (excludes halogenated alkanes) is 2. The first kappa shape index (κ1) is 19.7. The number of esters is 1. The molecule has 3 atom stereocenters. The molecule has 0 aliphatic heterocycles. The van der Waals surface area contributed by atoms with Gasteiger partial charge in [0.25, 0.3) is 0 Å². The van der Waals surface area contributed by atoms with Crippen LogP contribution in [0, 0.1) is 17.8 Å². The van der Waals surface area contributed by atoms with Crippen molar-refractivity contribution in [2.24, 2.45) is 17.8 Å². The van der Waals surface area contributed by atoms with Crippen LogP contribution < -0.4 is 0 Å². The minimum absolute atomic E-state index is 0.0816. The number of aliphatic carboxylic acids is 1. The average Bonchev–Trinajstić information content (AvgIpc) is 2.52. The van der Waals surface area contributed by atoms with E-state index in [9.17, 15) is 14.7 Å². The smallest absolute Gasteiger partial charge is 0.310 e. The molecular weight excluding hydrogens is 292 g/mol. The van der Waals surface area contributed by atoms with E-state index in [2.05, 4.69) is 13.8 Å². The van der Waals surface area contributed by atoms with Crippen LogP contribution in [-0.2, 0) is 14.3 Å². The van der Waals surface area contributed by atoms with Crippen LogP contribution in [0.3, 0.4) is 0 Å². The summed E-state index contributed by atoms with van der Waals surface area (Å²) in [7, 11) is 0. The standard InChI is InChI=1S/C19H32O4/c1-4-15(11-7-5-6-10-14(2)3)23-19(22)17-13-9-8-12-16(17)18(20)21/h8-9,14-17H,4-7,10-13H2,1-3H3,(H,20,21). The maximum atomic E-state index is 12.3. The zero-order chi connectivity index (χ0) is 17.2. The quantitative estimate of drug-likeness (QED) is 0.363. The molecule has 1 rings (SSSR count). The van der Waals surface area contributed by atoms with Crippen LogP contribution in [0.1, 0.15) is 72.1 Å². The van der Waals surface area contributed by atoms with Gasteiger partial charge in [-0.05, 0) is 38.0 Å². The lowest BCUT2D eigenvalue weighted by Crippen LogP contribution is -2.34. The highest BCUT2D eigenvalue weighted by Gasteiger charge is 2.35. The summed E-state index contributed by atoms with van der Waals surface area (Å²) in [5.74, 6) is -1.68. The Bertz CT molecular complexity index is 400. The molecule has 132 valence electrons. The lowest BCUT2D eigenvalue weighted by Gasteiger charge is -2.26. The molecule has 0 bridgehead atoms. The fourth-order valence-electron chi connectivity index (χ4n) is 3.05. The van der Waals surface area contributed by atoms with E-state index in [1.54, 1.807) is 0 Å². The Hall–Kier alpha value is -1.32. The lowest BCUT2D eigenvalue weighted by molar-refractivity contribution is -0.162. The molecule has 0 radical (unpaired) electrons. The Balaban J connectivity index is 2.40. The molecule has 1 aliphatic rings. The molecule has 0 amide bonds. The summed E-state index contributed by atoms with van der Waals surface area (Å²) in [6, 6.07) is 0. The van der Waals surface area contributed by atoms with E-state index in [4.69, 9.17) is 4.74 Å². The van der Waals surface area contributed by atoms with Crippen molar-refractivity contribution in [2.75, 3.05) is 0 Å². The Labute approximate surface area is 140 Å². The summed E-state index contributed by atoms with van der Waals surface area (Å²) in [5.41, 5.74) is 0. The van der Waals surface area contributed by atoms with Gasteiger partial charge in [-0.15, -0.1) is 0 Å². The Morgan fingerprint density at radius 3 is 2.26 bits per heavy atom. The van der Waals surface area contributed by atoms with E-state index in [0.29, 0.717) is 12.8 Å². The molecule has 1 N–H and O–H groups in total. The molecule has 23 heavy (non-hydrogen) atoms. The van der Waals surface area contributed by atoms with E-state index in [0.717, 1.165) is 31.6 Å². The van der Waals surface area contributed by atoms with Crippen molar-refractivity contribution in [3.05, 3.63) is 12.2 Å². The number of rotatable bonds is 10. The van der Waals surface area contributed by atoms with Gasteiger partial charge in [0, 0.05) is 0 Å². The van der Waals surface area contributed by atoms with Gasteiger partial charge in [-0.25, -0.2) is 0 Å². The van der Waals surface area contributed by atoms with Crippen LogP contribution in [0.2, 0.25) is 0 Å². The first-order chi connectivity index (χ1) is 11.0. The van der Waals surface area contributed by atoms with Crippen LogP contribution in [-0.4, -0.2) is 23.1 Å². The molecule has 0 saturated heterocycles. The zero-order valence-corrected chi connectivity index (χ0v) is 14.8. The number of carboxylic acid groups (broad SMARTS) is 1. The number of hydrogen-bond acceptors (Lipinski definition) is 3. The molecule has 3 unspecified atom stereocenters. The van der Waals surface area contributed by atoms with Gasteiger partial charge in [-0.2, -0.15) is 0 Å². The Morgan fingerprint density at radius 2 is 1.70 bits per heavy atom. The van der Waals surface area contributed by atoms with Crippen LogP contribution in [0.5, 0.6) is 0 Å². The van der Waals surface area contributed by atoms with Gasteiger partial charge in [-0.3, -0.25) is 9.59 Å². The van der Waals surface area contributed by atoms with E-state index in [1.807, 2.05) is 19.1 Å². The third kappa shape index (κ3) is 7.19. The van der Waals surface area contributed by atoms with Crippen molar-refractivity contribution in [2.45, 2.75) is 78.2 Å². The number of carboxylic acids is 1. The highest BCUT2D eigenvalue weighted by molar-refractivity contribution is 5.81. The predicted octanol–water partition coefficient (Wildman–Crippen LogP) is 4.58. The fourth-order valence-corrected chi connectivity index (χ4v) is 3.05. The monoisotopic (exact) mass is 324 g/mol. The van der Waals surface area contributed by atoms with Gasteiger partial charge in [0.2, 0.25) is 0 Å². The fraction of sp³-hybridized carbons (Fsp3) is 0.789. The minimum Gasteiger partial charge on any atom is -0.481 e. The summed E-state index contributed by atoms with van der Waals surface area (Å²) >= 11 is 0. The van der Waals surface area contributed by atoms with E-state index >= 15 is 0 Å². The summed E-state index contributed by atoms with van der Waals surface area (Å²) in [6.45, 7) is 6.48. The van der Waals surface area contributed by atoms with Crippen molar-refractivity contribution in [1.29, 1.82) is 0 Å². The summed E-state index contributed by atoms with van der Waals surface area (Å²) in [6.07, 6.45) is 10.9. The molecule has 0 saturated carbocycles. The first-order valence-corrected chi connectivity index (χ1v) is 9.04. The molecule has 0 fully saturated rings. The number of carbonyl (C=O) groups excluding carboxylic acids is 1. The van der Waals surface area contributed by atoms with Crippen LogP contribution >= 0.6 is 0 Å². The number of ether oxygens (including phenoxy) is 1. The normalized spacial score (nSPS) is 22.1. The van der Waals surface area contributed by atoms with Crippen LogP contribution in [0.4, 0.5) is 0 Å². The van der Waals surface area contributed by atoms with Gasteiger partial charge in [0.15, 0.2) is 0 Å².